The predicted octanol–water partition coefficient (Wildman–Crippen LogP) is 4.55. The first-order chi connectivity index (χ1) is 14.5. The number of aryl methyl sites for hydroxylation is 1. The van der Waals surface area contributed by atoms with Gasteiger partial charge in [-0.2, -0.15) is 0 Å². The molecule has 1 fully saturated rings. The van der Waals surface area contributed by atoms with Gasteiger partial charge in [0.05, 0.1) is 6.04 Å². The van der Waals surface area contributed by atoms with Crippen LogP contribution in [-0.2, 0) is 6.42 Å². The van der Waals surface area contributed by atoms with Crippen LogP contribution in [0.15, 0.2) is 54.6 Å². The summed E-state index contributed by atoms with van der Waals surface area (Å²) in [5.74, 6) is 0.248. The van der Waals surface area contributed by atoms with Gasteiger partial charge in [0, 0.05) is 24.7 Å². The molecule has 30 heavy (non-hydrogen) atoms. The number of carbonyl (C=O) groups is 2. The standard InChI is InChI=1S/C25H33N3O2/c1-4-19-10-12-20(13-11-19)23(18(2)3)27-25(30)28-16-14-22(15-17-28)26-24(29)21-8-6-5-7-9-21/h5-13,18,22-23H,4,14-17H2,1-3H3,(H,26,29)(H,27,30). The number of amides is 3. The molecule has 3 rings (SSSR count). The third-order valence-corrected chi connectivity index (χ3v) is 5.85. The van der Waals surface area contributed by atoms with Crippen LogP contribution in [-0.4, -0.2) is 36.0 Å². The minimum Gasteiger partial charge on any atom is -0.349 e. The van der Waals surface area contributed by atoms with Crippen molar-refractivity contribution >= 4 is 11.9 Å². The van der Waals surface area contributed by atoms with Crippen LogP contribution in [0.2, 0.25) is 0 Å². The van der Waals surface area contributed by atoms with E-state index in [9.17, 15) is 9.59 Å². The van der Waals surface area contributed by atoms with Crippen LogP contribution in [0.3, 0.4) is 0 Å². The molecule has 5 heteroatoms. The average molecular weight is 408 g/mol. The van der Waals surface area contributed by atoms with E-state index in [4.69, 9.17) is 0 Å². The van der Waals surface area contributed by atoms with E-state index in [-0.39, 0.29) is 24.0 Å². The SMILES string of the molecule is CCc1ccc(C(NC(=O)N2CCC(NC(=O)c3ccccc3)CC2)C(C)C)cc1. The summed E-state index contributed by atoms with van der Waals surface area (Å²) in [6.45, 7) is 7.69. The second-order valence-electron chi connectivity index (χ2n) is 8.37. The number of rotatable bonds is 6. The normalized spacial score (nSPS) is 15.7. The number of carbonyl (C=O) groups excluding carboxylic acids is 2. The molecule has 2 aromatic carbocycles. The summed E-state index contributed by atoms with van der Waals surface area (Å²) in [5, 5.41) is 6.31. The lowest BCUT2D eigenvalue weighted by atomic mass is 9.95. The Hall–Kier alpha value is -2.82. The van der Waals surface area contributed by atoms with Crippen LogP contribution in [0.4, 0.5) is 4.79 Å². The summed E-state index contributed by atoms with van der Waals surface area (Å²) in [6, 6.07) is 17.8. The summed E-state index contributed by atoms with van der Waals surface area (Å²) in [7, 11) is 0. The van der Waals surface area contributed by atoms with E-state index < -0.39 is 0 Å². The fourth-order valence-corrected chi connectivity index (χ4v) is 3.91. The van der Waals surface area contributed by atoms with Gasteiger partial charge in [-0.3, -0.25) is 4.79 Å². The van der Waals surface area contributed by atoms with Crippen molar-refractivity contribution in [2.45, 2.75) is 52.1 Å². The molecule has 1 unspecified atom stereocenters. The number of likely N-dealkylation sites (tertiary alicyclic amines) is 1. The highest BCUT2D eigenvalue weighted by Crippen LogP contribution is 2.23. The zero-order chi connectivity index (χ0) is 21.5. The van der Waals surface area contributed by atoms with Gasteiger partial charge < -0.3 is 15.5 Å². The molecule has 0 aliphatic carbocycles. The van der Waals surface area contributed by atoms with E-state index in [1.165, 1.54) is 5.56 Å². The quantitative estimate of drug-likeness (QED) is 0.738. The van der Waals surface area contributed by atoms with Crippen LogP contribution in [0, 0.1) is 5.92 Å². The van der Waals surface area contributed by atoms with Crippen LogP contribution < -0.4 is 10.6 Å². The molecule has 160 valence electrons. The highest BCUT2D eigenvalue weighted by molar-refractivity contribution is 5.94. The zero-order valence-corrected chi connectivity index (χ0v) is 18.2. The molecule has 0 radical (unpaired) electrons. The van der Waals surface area contributed by atoms with Gasteiger partial charge in [0.2, 0.25) is 0 Å². The lowest BCUT2D eigenvalue weighted by Crippen LogP contribution is -2.50. The van der Waals surface area contributed by atoms with E-state index >= 15 is 0 Å². The van der Waals surface area contributed by atoms with Crippen molar-refractivity contribution in [3.05, 3.63) is 71.3 Å². The Morgan fingerprint density at radius 3 is 2.20 bits per heavy atom. The Bertz CT molecular complexity index is 825. The van der Waals surface area contributed by atoms with Crippen LogP contribution in [0.5, 0.6) is 0 Å². The smallest absolute Gasteiger partial charge is 0.317 e. The molecule has 0 bridgehead atoms. The van der Waals surface area contributed by atoms with Gasteiger partial charge in [-0.1, -0.05) is 63.2 Å². The number of piperidine rings is 1. The third-order valence-electron chi connectivity index (χ3n) is 5.85. The van der Waals surface area contributed by atoms with E-state index in [0.717, 1.165) is 24.8 Å². The molecule has 3 amide bonds. The maximum atomic E-state index is 12.9. The fourth-order valence-electron chi connectivity index (χ4n) is 3.91. The number of benzene rings is 2. The van der Waals surface area contributed by atoms with Gasteiger partial charge in [0.1, 0.15) is 0 Å². The first kappa shape index (κ1) is 21.9. The molecule has 2 N–H and O–H groups in total. The molecular weight excluding hydrogens is 374 g/mol. The van der Waals surface area contributed by atoms with E-state index in [2.05, 4.69) is 55.7 Å². The van der Waals surface area contributed by atoms with Crippen molar-refractivity contribution in [2.75, 3.05) is 13.1 Å². The fraction of sp³-hybridized carbons (Fsp3) is 0.440. The minimum atomic E-state index is -0.0473. The molecule has 1 saturated heterocycles. The first-order valence-electron chi connectivity index (χ1n) is 11.0. The Kier molecular flexibility index (Phi) is 7.50. The predicted molar refractivity (Wildman–Crippen MR) is 120 cm³/mol. The lowest BCUT2D eigenvalue weighted by molar-refractivity contribution is 0.0917. The summed E-state index contributed by atoms with van der Waals surface area (Å²) in [6.07, 6.45) is 2.54. The maximum absolute atomic E-state index is 12.9. The number of urea groups is 1. The molecule has 1 atom stereocenters. The zero-order valence-electron chi connectivity index (χ0n) is 18.2. The Balaban J connectivity index is 1.52. The largest absolute Gasteiger partial charge is 0.349 e. The molecule has 1 heterocycles. The van der Waals surface area contributed by atoms with E-state index in [1.807, 2.05) is 35.2 Å². The highest BCUT2D eigenvalue weighted by Gasteiger charge is 2.26. The molecule has 1 aliphatic heterocycles. The summed E-state index contributed by atoms with van der Waals surface area (Å²) >= 11 is 0. The van der Waals surface area contributed by atoms with Gasteiger partial charge >= 0.3 is 6.03 Å². The monoisotopic (exact) mass is 407 g/mol. The van der Waals surface area contributed by atoms with Gasteiger partial charge in [0.25, 0.3) is 5.91 Å². The van der Waals surface area contributed by atoms with Gasteiger partial charge in [-0.05, 0) is 48.4 Å². The van der Waals surface area contributed by atoms with Gasteiger partial charge in [0.15, 0.2) is 0 Å². The second kappa shape index (κ2) is 10.3. The molecule has 0 aromatic heterocycles. The van der Waals surface area contributed by atoms with E-state index in [0.29, 0.717) is 24.6 Å². The van der Waals surface area contributed by atoms with E-state index in [1.54, 1.807) is 0 Å². The Morgan fingerprint density at radius 1 is 1.00 bits per heavy atom. The molecular formula is C25H33N3O2. The second-order valence-corrected chi connectivity index (χ2v) is 8.37. The number of nitrogens with one attached hydrogen (secondary N) is 2. The van der Waals surface area contributed by atoms with Crippen LogP contribution in [0.1, 0.15) is 61.1 Å². The van der Waals surface area contributed by atoms with Crippen molar-refractivity contribution in [2.24, 2.45) is 5.92 Å². The molecule has 1 aliphatic rings. The lowest BCUT2D eigenvalue weighted by Gasteiger charge is -2.34. The Labute approximate surface area is 179 Å². The number of hydrogen-bond acceptors (Lipinski definition) is 2. The molecule has 5 nitrogen and oxygen atoms in total. The molecule has 0 saturated carbocycles. The van der Waals surface area contributed by atoms with Crippen molar-refractivity contribution in [1.82, 2.24) is 15.5 Å². The topological polar surface area (TPSA) is 61.4 Å². The summed E-state index contributed by atoms with van der Waals surface area (Å²) < 4.78 is 0. The highest BCUT2D eigenvalue weighted by atomic mass is 16.2. The average Bonchev–Trinajstić information content (AvgIpc) is 2.78. The van der Waals surface area contributed by atoms with Crippen LogP contribution in [0.25, 0.3) is 0 Å². The van der Waals surface area contributed by atoms with Crippen molar-refractivity contribution in [3.8, 4) is 0 Å². The number of nitrogens with zero attached hydrogens (tertiary/aromatic N) is 1. The van der Waals surface area contributed by atoms with Crippen molar-refractivity contribution in [1.29, 1.82) is 0 Å². The first-order valence-corrected chi connectivity index (χ1v) is 11.0. The Morgan fingerprint density at radius 2 is 1.63 bits per heavy atom. The van der Waals surface area contributed by atoms with Crippen molar-refractivity contribution in [3.63, 3.8) is 0 Å². The summed E-state index contributed by atoms with van der Waals surface area (Å²) in [5.41, 5.74) is 3.11. The van der Waals surface area contributed by atoms with Gasteiger partial charge in [-0.25, -0.2) is 4.79 Å². The maximum Gasteiger partial charge on any atom is 0.317 e. The summed E-state index contributed by atoms with van der Waals surface area (Å²) in [4.78, 5) is 27.1. The van der Waals surface area contributed by atoms with Gasteiger partial charge in [-0.15, -0.1) is 0 Å². The molecule has 2 aromatic rings. The minimum absolute atomic E-state index is 0.0149. The number of hydrogen-bond donors (Lipinski definition) is 2. The third kappa shape index (κ3) is 5.62. The van der Waals surface area contributed by atoms with Crippen molar-refractivity contribution < 1.29 is 9.59 Å². The molecule has 0 spiro atoms. The van der Waals surface area contributed by atoms with Crippen LogP contribution >= 0.6 is 0 Å².